The molecule has 1 fully saturated rings. The van der Waals surface area contributed by atoms with Gasteiger partial charge in [-0.3, -0.25) is 28.2 Å². The summed E-state index contributed by atoms with van der Waals surface area (Å²) in [6.45, 7) is 0.0797. The van der Waals surface area contributed by atoms with Gasteiger partial charge in [0.05, 0.1) is 34.3 Å². The van der Waals surface area contributed by atoms with Crippen LogP contribution in [0.2, 0.25) is 20.1 Å². The number of fused-ring (bicyclic) bond motifs is 1. The van der Waals surface area contributed by atoms with E-state index in [0.29, 0.717) is 51.9 Å². The second-order valence-electron chi connectivity index (χ2n) is 10.2. The second-order valence-corrected chi connectivity index (χ2v) is 13.6. The zero-order valence-corrected chi connectivity index (χ0v) is 29.2. The Labute approximate surface area is 296 Å². The molecule has 1 aliphatic rings. The molecule has 0 spiro atoms. The Morgan fingerprint density at radius 3 is 2.36 bits per heavy atom. The van der Waals surface area contributed by atoms with Crippen molar-refractivity contribution in [2.24, 2.45) is 14.1 Å². The van der Waals surface area contributed by atoms with Crippen LogP contribution >= 0.6 is 70.4 Å². The maximum atomic E-state index is 13.3. The Kier molecular flexibility index (Phi) is 9.18. The molecule has 10 nitrogen and oxygen atoms in total. The van der Waals surface area contributed by atoms with Crippen LogP contribution in [-0.2, 0) is 25.4 Å². The number of ether oxygens (including phenoxy) is 2. The van der Waals surface area contributed by atoms with Gasteiger partial charge in [-0.2, -0.15) is 4.98 Å². The SMILES string of the molecule is COc1cc(C=C2SC(=S)N(c3ccc(Cl)c(Cl)c3)C2=O)ccc1Oc1nc2c(c(=O)n(C)c(=O)n2C)n1Cc1ccc(Cl)cc1Cl. The number of carbonyl (C=O) groups excluding carboxylic acids is 1. The zero-order chi connectivity index (χ0) is 33.7. The normalized spacial score (nSPS) is 14.1. The maximum absolute atomic E-state index is 13.3. The number of hydrogen-bond donors (Lipinski definition) is 0. The molecule has 3 heterocycles. The molecule has 6 rings (SSSR count). The van der Waals surface area contributed by atoms with Crippen molar-refractivity contribution in [3.05, 3.63) is 112 Å². The van der Waals surface area contributed by atoms with Gasteiger partial charge in [0.2, 0.25) is 0 Å². The number of rotatable bonds is 7. The first-order valence-electron chi connectivity index (χ1n) is 13.6. The smallest absolute Gasteiger partial charge is 0.332 e. The number of hydrogen-bond acceptors (Lipinski definition) is 8. The summed E-state index contributed by atoms with van der Waals surface area (Å²) >= 11 is 31.4. The quantitative estimate of drug-likeness (QED) is 0.126. The second kappa shape index (κ2) is 13.0. The number of nitrogens with zero attached hydrogens (tertiary/aromatic N) is 5. The molecule has 2 aromatic heterocycles. The predicted octanol–water partition coefficient (Wildman–Crippen LogP) is 7.30. The van der Waals surface area contributed by atoms with Crippen molar-refractivity contribution in [2.45, 2.75) is 6.54 Å². The minimum atomic E-state index is -0.559. The highest BCUT2D eigenvalue weighted by atomic mass is 35.5. The summed E-state index contributed by atoms with van der Waals surface area (Å²) in [5.74, 6) is 0.247. The highest BCUT2D eigenvalue weighted by molar-refractivity contribution is 8.27. The predicted molar refractivity (Wildman–Crippen MR) is 191 cm³/mol. The number of thiocarbonyl (C=S) groups is 1. The first-order chi connectivity index (χ1) is 22.4. The van der Waals surface area contributed by atoms with Gasteiger partial charge in [0.25, 0.3) is 11.5 Å². The van der Waals surface area contributed by atoms with Crippen molar-refractivity contribution in [1.82, 2.24) is 18.7 Å². The Hall–Kier alpha value is -3.78. The molecule has 240 valence electrons. The van der Waals surface area contributed by atoms with E-state index in [1.807, 2.05) is 0 Å². The molecule has 0 aliphatic carbocycles. The number of anilines is 1. The lowest BCUT2D eigenvalue weighted by molar-refractivity contribution is -0.113. The molecular formula is C31H21Cl4N5O5S2. The molecular weight excluding hydrogens is 728 g/mol. The van der Waals surface area contributed by atoms with Crippen LogP contribution in [0.25, 0.3) is 17.2 Å². The molecule has 0 bridgehead atoms. The molecule has 0 saturated carbocycles. The number of amides is 1. The van der Waals surface area contributed by atoms with Crippen molar-refractivity contribution < 1.29 is 14.3 Å². The molecule has 0 radical (unpaired) electrons. The average molecular weight is 749 g/mol. The van der Waals surface area contributed by atoms with Gasteiger partial charge in [-0.25, -0.2) is 4.79 Å². The summed E-state index contributed by atoms with van der Waals surface area (Å²) in [6, 6.07) is 14.9. The van der Waals surface area contributed by atoms with Crippen LogP contribution in [0.1, 0.15) is 11.1 Å². The fraction of sp³-hybridized carbons (Fsp3) is 0.129. The van der Waals surface area contributed by atoms with E-state index in [4.69, 9.17) is 68.1 Å². The van der Waals surface area contributed by atoms with Crippen molar-refractivity contribution >= 4 is 104 Å². The third-order valence-electron chi connectivity index (χ3n) is 7.30. The van der Waals surface area contributed by atoms with E-state index in [2.05, 4.69) is 4.98 Å². The molecule has 3 aromatic carbocycles. The molecule has 16 heteroatoms. The van der Waals surface area contributed by atoms with Gasteiger partial charge in [-0.1, -0.05) is 82.5 Å². The minimum absolute atomic E-state index is 0.0119. The van der Waals surface area contributed by atoms with E-state index in [1.54, 1.807) is 60.7 Å². The van der Waals surface area contributed by atoms with E-state index in [1.165, 1.54) is 35.2 Å². The average Bonchev–Trinajstić information content (AvgIpc) is 3.53. The van der Waals surface area contributed by atoms with Gasteiger partial charge in [-0.05, 0) is 59.7 Å². The maximum Gasteiger partial charge on any atom is 0.332 e. The molecule has 0 atom stereocenters. The first kappa shape index (κ1) is 33.1. The summed E-state index contributed by atoms with van der Waals surface area (Å²) in [5, 5.41) is 1.49. The number of halogens is 4. The summed E-state index contributed by atoms with van der Waals surface area (Å²) < 4.78 is 16.0. The number of thioether (sulfide) groups is 1. The third-order valence-corrected chi connectivity index (χ3v) is 9.93. The Bertz CT molecular complexity index is 2300. The molecule has 47 heavy (non-hydrogen) atoms. The summed E-state index contributed by atoms with van der Waals surface area (Å²) in [5.41, 5.74) is 0.915. The molecule has 0 unspecified atom stereocenters. The van der Waals surface area contributed by atoms with Crippen LogP contribution in [0.15, 0.2) is 69.1 Å². The minimum Gasteiger partial charge on any atom is -0.493 e. The Morgan fingerprint density at radius 1 is 0.894 bits per heavy atom. The molecule has 1 aliphatic heterocycles. The van der Waals surface area contributed by atoms with Crippen molar-refractivity contribution in [3.63, 3.8) is 0 Å². The third kappa shape index (κ3) is 6.17. The van der Waals surface area contributed by atoms with Gasteiger partial charge in [0, 0.05) is 24.1 Å². The van der Waals surface area contributed by atoms with Crippen molar-refractivity contribution in [2.75, 3.05) is 12.0 Å². The van der Waals surface area contributed by atoms with Crippen LogP contribution in [0.3, 0.4) is 0 Å². The van der Waals surface area contributed by atoms with E-state index >= 15 is 0 Å². The highest BCUT2D eigenvalue weighted by Gasteiger charge is 2.33. The van der Waals surface area contributed by atoms with Gasteiger partial charge in [0.15, 0.2) is 27.0 Å². The van der Waals surface area contributed by atoms with Gasteiger partial charge in [-0.15, -0.1) is 0 Å². The Morgan fingerprint density at radius 2 is 1.66 bits per heavy atom. The van der Waals surface area contributed by atoms with Crippen molar-refractivity contribution in [1.29, 1.82) is 0 Å². The zero-order valence-electron chi connectivity index (χ0n) is 24.6. The number of carbonyl (C=O) groups is 1. The number of imidazole rings is 1. The lowest BCUT2D eigenvalue weighted by atomic mass is 10.2. The lowest BCUT2D eigenvalue weighted by Crippen LogP contribution is -2.37. The Balaban J connectivity index is 1.38. The van der Waals surface area contributed by atoms with E-state index in [9.17, 15) is 14.4 Å². The fourth-order valence-electron chi connectivity index (χ4n) is 4.89. The number of benzene rings is 3. The molecule has 1 amide bonds. The number of methoxy groups -OCH3 is 1. The lowest BCUT2D eigenvalue weighted by Gasteiger charge is -2.15. The summed E-state index contributed by atoms with van der Waals surface area (Å²) in [7, 11) is 4.36. The van der Waals surface area contributed by atoms with E-state index < -0.39 is 11.2 Å². The summed E-state index contributed by atoms with van der Waals surface area (Å²) in [4.78, 5) is 45.7. The van der Waals surface area contributed by atoms with Gasteiger partial charge < -0.3 is 9.47 Å². The molecule has 5 aromatic rings. The molecule has 0 N–H and O–H groups in total. The monoisotopic (exact) mass is 747 g/mol. The van der Waals surface area contributed by atoms with Gasteiger partial charge >= 0.3 is 11.7 Å². The topological polar surface area (TPSA) is 101 Å². The fourth-order valence-corrected chi connectivity index (χ4v) is 6.95. The largest absolute Gasteiger partial charge is 0.493 e. The first-order valence-corrected chi connectivity index (χ1v) is 16.3. The van der Waals surface area contributed by atoms with Crippen LogP contribution in [0.5, 0.6) is 17.5 Å². The van der Waals surface area contributed by atoms with Crippen LogP contribution in [0.4, 0.5) is 5.69 Å². The van der Waals surface area contributed by atoms with Crippen LogP contribution < -0.4 is 25.6 Å². The standard InChI is InChI=1S/C31H21Cl4N5O5S2/c1-37-26-25(28(42)38(2)30(37)43)39(14-16-5-6-17(32)12-20(16)34)29(36-26)45-22-9-4-15(10-23(22)44-3)11-24-27(41)40(31(46)47-24)18-7-8-19(33)21(35)13-18/h4-13H,14H2,1-3H3. The summed E-state index contributed by atoms with van der Waals surface area (Å²) in [6.07, 6.45) is 1.68. The van der Waals surface area contributed by atoms with Crippen LogP contribution in [-0.4, -0.2) is 36.0 Å². The van der Waals surface area contributed by atoms with E-state index in [0.717, 1.165) is 16.3 Å². The number of aryl methyl sites for hydroxylation is 1. The van der Waals surface area contributed by atoms with Gasteiger partial charge in [0.1, 0.15) is 0 Å². The van der Waals surface area contributed by atoms with E-state index in [-0.39, 0.29) is 35.4 Å². The molecule has 1 saturated heterocycles. The highest BCUT2D eigenvalue weighted by Crippen LogP contribution is 2.39. The van der Waals surface area contributed by atoms with Crippen LogP contribution in [0, 0.1) is 0 Å². The number of aromatic nitrogens is 4. The van der Waals surface area contributed by atoms with Crippen molar-refractivity contribution in [3.8, 4) is 17.5 Å².